The van der Waals surface area contributed by atoms with Gasteiger partial charge in [-0.3, -0.25) is 5.43 Å². The number of nitrogens with zero attached hydrogens (tertiary/aromatic N) is 1. The number of rotatable bonds is 3. The quantitative estimate of drug-likeness (QED) is 0.724. The summed E-state index contributed by atoms with van der Waals surface area (Å²) in [7, 11) is 2.16. The average molecular weight is 184 g/mol. The highest BCUT2D eigenvalue weighted by Gasteiger charge is 2.23. The second-order valence-electron chi connectivity index (χ2n) is 4.85. The van der Waals surface area contributed by atoms with Crippen molar-refractivity contribution in [3.63, 3.8) is 0 Å². The SMILES string of the molecule is CC[C@@H]1CC(CC(C)C)NN(C)C1. The highest BCUT2D eigenvalue weighted by Crippen LogP contribution is 2.20. The molecule has 0 aromatic carbocycles. The van der Waals surface area contributed by atoms with Crippen molar-refractivity contribution in [3.8, 4) is 0 Å². The van der Waals surface area contributed by atoms with E-state index in [1.165, 1.54) is 25.8 Å². The van der Waals surface area contributed by atoms with E-state index in [0.29, 0.717) is 6.04 Å². The summed E-state index contributed by atoms with van der Waals surface area (Å²) < 4.78 is 0. The van der Waals surface area contributed by atoms with Gasteiger partial charge in [0, 0.05) is 19.6 Å². The van der Waals surface area contributed by atoms with Gasteiger partial charge in [0.1, 0.15) is 0 Å². The Morgan fingerprint density at radius 3 is 2.69 bits per heavy atom. The summed E-state index contributed by atoms with van der Waals surface area (Å²) >= 11 is 0. The first-order valence-electron chi connectivity index (χ1n) is 5.59. The molecule has 1 aliphatic rings. The first kappa shape index (κ1) is 11.0. The third-order valence-electron chi connectivity index (χ3n) is 2.89. The molecule has 1 aliphatic heterocycles. The molecule has 0 aromatic rings. The minimum absolute atomic E-state index is 0.712. The minimum Gasteiger partial charge on any atom is -0.252 e. The summed E-state index contributed by atoms with van der Waals surface area (Å²) in [6.07, 6.45) is 3.99. The molecule has 2 nitrogen and oxygen atoms in total. The van der Waals surface area contributed by atoms with E-state index in [0.717, 1.165) is 11.8 Å². The Morgan fingerprint density at radius 1 is 1.46 bits per heavy atom. The lowest BCUT2D eigenvalue weighted by Gasteiger charge is -2.37. The van der Waals surface area contributed by atoms with E-state index < -0.39 is 0 Å². The van der Waals surface area contributed by atoms with Crippen molar-refractivity contribution in [3.05, 3.63) is 0 Å². The van der Waals surface area contributed by atoms with Gasteiger partial charge in [0.15, 0.2) is 0 Å². The predicted octanol–water partition coefficient (Wildman–Crippen LogP) is 2.27. The fraction of sp³-hybridized carbons (Fsp3) is 1.00. The lowest BCUT2D eigenvalue weighted by molar-refractivity contribution is 0.0897. The maximum absolute atomic E-state index is 3.55. The van der Waals surface area contributed by atoms with Gasteiger partial charge in [0.25, 0.3) is 0 Å². The Morgan fingerprint density at radius 2 is 2.15 bits per heavy atom. The molecule has 78 valence electrons. The van der Waals surface area contributed by atoms with Crippen molar-refractivity contribution in [1.82, 2.24) is 10.4 Å². The predicted molar refractivity (Wildman–Crippen MR) is 57.4 cm³/mol. The van der Waals surface area contributed by atoms with Crippen LogP contribution in [-0.2, 0) is 0 Å². The first-order chi connectivity index (χ1) is 6.11. The van der Waals surface area contributed by atoms with Crippen LogP contribution in [0.1, 0.15) is 40.0 Å². The van der Waals surface area contributed by atoms with Crippen molar-refractivity contribution < 1.29 is 0 Å². The summed E-state index contributed by atoms with van der Waals surface area (Å²) in [6.45, 7) is 8.12. The van der Waals surface area contributed by atoms with Crippen molar-refractivity contribution >= 4 is 0 Å². The summed E-state index contributed by atoms with van der Waals surface area (Å²) in [5, 5.41) is 2.27. The third kappa shape index (κ3) is 3.65. The summed E-state index contributed by atoms with van der Waals surface area (Å²) in [4.78, 5) is 0. The molecule has 0 aromatic heterocycles. The van der Waals surface area contributed by atoms with E-state index in [9.17, 15) is 0 Å². The monoisotopic (exact) mass is 184 g/mol. The van der Waals surface area contributed by atoms with Gasteiger partial charge < -0.3 is 0 Å². The Bertz CT molecular complexity index is 143. The van der Waals surface area contributed by atoms with E-state index >= 15 is 0 Å². The largest absolute Gasteiger partial charge is 0.252 e. The Hall–Kier alpha value is -0.0800. The van der Waals surface area contributed by atoms with Gasteiger partial charge in [-0.15, -0.1) is 0 Å². The average Bonchev–Trinajstić information content (AvgIpc) is 2.01. The van der Waals surface area contributed by atoms with Crippen LogP contribution >= 0.6 is 0 Å². The molecule has 13 heavy (non-hydrogen) atoms. The van der Waals surface area contributed by atoms with Crippen LogP contribution in [0.25, 0.3) is 0 Å². The molecule has 2 atom stereocenters. The van der Waals surface area contributed by atoms with E-state index in [4.69, 9.17) is 0 Å². The summed E-state index contributed by atoms with van der Waals surface area (Å²) in [5.74, 6) is 1.71. The van der Waals surface area contributed by atoms with Crippen LogP contribution < -0.4 is 5.43 Å². The highest BCUT2D eigenvalue weighted by atomic mass is 15.5. The zero-order valence-electron chi connectivity index (χ0n) is 9.51. The van der Waals surface area contributed by atoms with Gasteiger partial charge in [-0.1, -0.05) is 27.2 Å². The topological polar surface area (TPSA) is 15.3 Å². The molecule has 0 aliphatic carbocycles. The van der Waals surface area contributed by atoms with Gasteiger partial charge in [-0.2, -0.15) is 0 Å². The van der Waals surface area contributed by atoms with Gasteiger partial charge >= 0.3 is 0 Å². The van der Waals surface area contributed by atoms with E-state index in [1.54, 1.807) is 0 Å². The maximum Gasteiger partial charge on any atom is 0.0220 e. The van der Waals surface area contributed by atoms with Crippen LogP contribution in [0.3, 0.4) is 0 Å². The first-order valence-corrected chi connectivity index (χ1v) is 5.59. The smallest absolute Gasteiger partial charge is 0.0220 e. The van der Waals surface area contributed by atoms with Crippen LogP contribution in [0.2, 0.25) is 0 Å². The van der Waals surface area contributed by atoms with E-state index in [1.807, 2.05) is 0 Å². The molecule has 0 radical (unpaired) electrons. The standard InChI is InChI=1S/C11H24N2/c1-5-10-7-11(6-9(2)3)12-13(4)8-10/h9-12H,5-8H2,1-4H3/t10-,11?/m1/s1. The van der Waals surface area contributed by atoms with E-state index in [-0.39, 0.29) is 0 Å². The molecule has 1 rings (SSSR count). The Labute approximate surface area is 82.7 Å². The normalized spacial score (nSPS) is 31.2. The van der Waals surface area contributed by atoms with Crippen molar-refractivity contribution in [1.29, 1.82) is 0 Å². The molecule has 0 saturated carbocycles. The van der Waals surface area contributed by atoms with Crippen molar-refractivity contribution in [2.45, 2.75) is 46.1 Å². The zero-order chi connectivity index (χ0) is 9.84. The maximum atomic E-state index is 3.55. The molecule has 1 heterocycles. The number of nitrogens with one attached hydrogen (secondary N) is 1. The number of hydrazine groups is 1. The van der Waals surface area contributed by atoms with Gasteiger partial charge in [-0.25, -0.2) is 5.01 Å². The van der Waals surface area contributed by atoms with Gasteiger partial charge in [-0.05, 0) is 24.7 Å². The molecule has 1 N–H and O–H groups in total. The van der Waals surface area contributed by atoms with Crippen LogP contribution in [0, 0.1) is 11.8 Å². The van der Waals surface area contributed by atoms with Gasteiger partial charge in [0.2, 0.25) is 0 Å². The number of hydrogen-bond donors (Lipinski definition) is 1. The molecule has 1 unspecified atom stereocenters. The fourth-order valence-electron chi connectivity index (χ4n) is 2.30. The van der Waals surface area contributed by atoms with Crippen LogP contribution in [0.15, 0.2) is 0 Å². The lowest BCUT2D eigenvalue weighted by atomic mass is 9.90. The Balaban J connectivity index is 2.37. The zero-order valence-corrected chi connectivity index (χ0v) is 9.51. The molecule has 0 amide bonds. The molecular formula is C11H24N2. The Kier molecular flexibility index (Phi) is 4.20. The second-order valence-corrected chi connectivity index (χ2v) is 4.85. The fourth-order valence-corrected chi connectivity index (χ4v) is 2.30. The van der Waals surface area contributed by atoms with Crippen LogP contribution in [-0.4, -0.2) is 24.6 Å². The summed E-state index contributed by atoms with van der Waals surface area (Å²) in [5.41, 5.74) is 3.55. The molecule has 2 heteroatoms. The molecule has 0 bridgehead atoms. The molecule has 0 spiro atoms. The minimum atomic E-state index is 0.712. The van der Waals surface area contributed by atoms with Crippen molar-refractivity contribution in [2.24, 2.45) is 11.8 Å². The van der Waals surface area contributed by atoms with Gasteiger partial charge in [0.05, 0.1) is 0 Å². The molecular weight excluding hydrogens is 160 g/mol. The highest BCUT2D eigenvalue weighted by molar-refractivity contribution is 4.77. The van der Waals surface area contributed by atoms with Crippen molar-refractivity contribution in [2.75, 3.05) is 13.6 Å². The second kappa shape index (κ2) is 4.97. The summed E-state index contributed by atoms with van der Waals surface area (Å²) in [6, 6.07) is 0.712. The molecule has 1 saturated heterocycles. The number of hydrogen-bond acceptors (Lipinski definition) is 2. The van der Waals surface area contributed by atoms with E-state index in [2.05, 4.69) is 38.3 Å². The van der Waals surface area contributed by atoms with Crippen LogP contribution in [0.4, 0.5) is 0 Å². The third-order valence-corrected chi connectivity index (χ3v) is 2.89. The van der Waals surface area contributed by atoms with Crippen LogP contribution in [0.5, 0.6) is 0 Å². The molecule has 1 fully saturated rings. The lowest BCUT2D eigenvalue weighted by Crippen LogP contribution is -2.50.